The predicted octanol–water partition coefficient (Wildman–Crippen LogP) is 4.53. The first-order valence-corrected chi connectivity index (χ1v) is 9.56. The van der Waals surface area contributed by atoms with Gasteiger partial charge in [0.2, 0.25) is 0 Å². The number of ether oxygens (including phenoxy) is 1. The summed E-state index contributed by atoms with van der Waals surface area (Å²) in [6.45, 7) is 7.15. The Labute approximate surface area is 157 Å². The molecule has 0 atom stereocenters. The van der Waals surface area contributed by atoms with Crippen molar-refractivity contribution in [3.8, 4) is 0 Å². The summed E-state index contributed by atoms with van der Waals surface area (Å²) in [7, 11) is 3.58. The van der Waals surface area contributed by atoms with Gasteiger partial charge >= 0.3 is 6.09 Å². The van der Waals surface area contributed by atoms with Gasteiger partial charge in [-0.25, -0.2) is 4.79 Å². The molecule has 0 spiro atoms. The van der Waals surface area contributed by atoms with Crippen LogP contribution in [0.1, 0.15) is 33.6 Å². The number of nitrogens with zero attached hydrogens (tertiary/aromatic N) is 3. The van der Waals surface area contributed by atoms with Crippen LogP contribution in [0, 0.1) is 0 Å². The van der Waals surface area contributed by atoms with Crippen LogP contribution in [-0.4, -0.2) is 41.8 Å². The molecule has 2 rings (SSSR count). The third-order valence-electron chi connectivity index (χ3n) is 3.67. The second kappa shape index (κ2) is 8.23. The normalized spacial score (nSPS) is 12.6. The number of carbonyl (C=O) groups excluding carboxylic acids is 1. The van der Waals surface area contributed by atoms with Crippen molar-refractivity contribution >= 4 is 39.2 Å². The molecule has 138 valence electrons. The van der Waals surface area contributed by atoms with Gasteiger partial charge < -0.3 is 14.2 Å². The van der Waals surface area contributed by atoms with Gasteiger partial charge in [-0.1, -0.05) is 22.9 Å². The molecule has 0 saturated heterocycles. The van der Waals surface area contributed by atoms with E-state index in [4.69, 9.17) is 16.3 Å². The molecule has 5 nitrogen and oxygen atoms in total. The van der Waals surface area contributed by atoms with Gasteiger partial charge in [0.15, 0.2) is 4.80 Å². The molecule has 0 radical (unpaired) electrons. The minimum absolute atomic E-state index is 0.278. The van der Waals surface area contributed by atoms with Crippen LogP contribution in [0.3, 0.4) is 0 Å². The third kappa shape index (κ3) is 5.47. The summed E-state index contributed by atoms with van der Waals surface area (Å²) < 4.78 is 8.71. The number of benzene rings is 1. The SMILES string of the molecule is C/N=c1/sc2cc(Cl)ccc2n1CCCCN(C)C(=O)OC(C)(C)C. The molecule has 1 aromatic heterocycles. The highest BCUT2D eigenvalue weighted by molar-refractivity contribution is 7.16. The van der Waals surface area contributed by atoms with Gasteiger partial charge in [-0.2, -0.15) is 0 Å². The first-order valence-electron chi connectivity index (χ1n) is 8.37. The summed E-state index contributed by atoms with van der Waals surface area (Å²) in [5.74, 6) is 0. The van der Waals surface area contributed by atoms with Crippen molar-refractivity contribution in [3.05, 3.63) is 28.0 Å². The summed E-state index contributed by atoms with van der Waals surface area (Å²) in [6.07, 6.45) is 1.58. The molecule has 0 N–H and O–H groups in total. The van der Waals surface area contributed by atoms with Gasteiger partial charge in [0, 0.05) is 32.2 Å². The summed E-state index contributed by atoms with van der Waals surface area (Å²) in [4.78, 5) is 19.0. The van der Waals surface area contributed by atoms with Crippen molar-refractivity contribution in [2.45, 2.75) is 45.8 Å². The maximum Gasteiger partial charge on any atom is 0.410 e. The largest absolute Gasteiger partial charge is 0.444 e. The number of halogens is 1. The smallest absolute Gasteiger partial charge is 0.410 e. The minimum Gasteiger partial charge on any atom is -0.444 e. The molecule has 0 aliphatic heterocycles. The molecule has 1 amide bonds. The number of rotatable bonds is 5. The molecule has 7 heteroatoms. The number of unbranched alkanes of at least 4 members (excludes halogenated alkanes) is 1. The molecule has 0 bridgehead atoms. The number of hydrogen-bond donors (Lipinski definition) is 0. The van der Waals surface area contributed by atoms with Crippen molar-refractivity contribution in [1.29, 1.82) is 0 Å². The first kappa shape index (κ1) is 19.8. The minimum atomic E-state index is -0.463. The Bertz CT molecular complexity index is 805. The van der Waals surface area contributed by atoms with E-state index in [2.05, 4.69) is 9.56 Å². The molecule has 1 heterocycles. The molecular formula is C18H26ClN3O2S. The van der Waals surface area contributed by atoms with Gasteiger partial charge in [0.1, 0.15) is 5.60 Å². The zero-order chi connectivity index (χ0) is 18.6. The van der Waals surface area contributed by atoms with Crippen LogP contribution >= 0.6 is 22.9 Å². The second-order valence-electron chi connectivity index (χ2n) is 6.98. The Morgan fingerprint density at radius 3 is 2.72 bits per heavy atom. The molecule has 0 aliphatic rings. The van der Waals surface area contributed by atoms with Crippen LogP contribution < -0.4 is 4.80 Å². The van der Waals surface area contributed by atoms with Gasteiger partial charge in [-0.3, -0.25) is 4.99 Å². The zero-order valence-corrected chi connectivity index (χ0v) is 17.1. The quantitative estimate of drug-likeness (QED) is 0.712. The lowest BCUT2D eigenvalue weighted by atomic mass is 10.2. The van der Waals surface area contributed by atoms with Gasteiger partial charge in [0.05, 0.1) is 10.2 Å². The number of hydrogen-bond acceptors (Lipinski definition) is 4. The zero-order valence-electron chi connectivity index (χ0n) is 15.5. The van der Waals surface area contributed by atoms with E-state index in [1.165, 1.54) is 0 Å². The Kier molecular flexibility index (Phi) is 6.52. The van der Waals surface area contributed by atoms with Crippen LogP contribution in [-0.2, 0) is 11.3 Å². The number of thiazole rings is 1. The van der Waals surface area contributed by atoms with E-state index >= 15 is 0 Å². The highest BCUT2D eigenvalue weighted by atomic mass is 35.5. The van der Waals surface area contributed by atoms with E-state index in [1.807, 2.05) is 39.0 Å². The highest BCUT2D eigenvalue weighted by Crippen LogP contribution is 2.22. The fraction of sp³-hybridized carbons (Fsp3) is 0.556. The van der Waals surface area contributed by atoms with Crippen molar-refractivity contribution in [1.82, 2.24) is 9.47 Å². The summed E-state index contributed by atoms with van der Waals surface area (Å²) in [6, 6.07) is 5.92. The van der Waals surface area contributed by atoms with Crippen LogP contribution in [0.5, 0.6) is 0 Å². The lowest BCUT2D eigenvalue weighted by molar-refractivity contribution is 0.0296. The predicted molar refractivity (Wildman–Crippen MR) is 104 cm³/mol. The number of amides is 1. The highest BCUT2D eigenvalue weighted by Gasteiger charge is 2.19. The lowest BCUT2D eigenvalue weighted by Gasteiger charge is -2.24. The Morgan fingerprint density at radius 2 is 2.08 bits per heavy atom. The monoisotopic (exact) mass is 383 g/mol. The maximum absolute atomic E-state index is 12.0. The van der Waals surface area contributed by atoms with E-state index < -0.39 is 5.60 Å². The Balaban J connectivity index is 1.94. The Morgan fingerprint density at radius 1 is 1.36 bits per heavy atom. The van der Waals surface area contributed by atoms with Crippen molar-refractivity contribution in [3.63, 3.8) is 0 Å². The fourth-order valence-corrected chi connectivity index (χ4v) is 3.77. The van der Waals surface area contributed by atoms with E-state index in [9.17, 15) is 4.79 Å². The van der Waals surface area contributed by atoms with Crippen LogP contribution in [0.15, 0.2) is 23.2 Å². The van der Waals surface area contributed by atoms with Crippen LogP contribution in [0.4, 0.5) is 4.79 Å². The number of fused-ring (bicyclic) bond motifs is 1. The standard InChI is InChI=1S/C18H26ClN3O2S/c1-18(2,3)24-17(23)21(5)10-6-7-11-22-14-9-8-13(19)12-15(14)25-16(22)20-4/h8-9,12H,6-7,10-11H2,1-5H3/b20-16+. The number of aromatic nitrogens is 1. The van der Waals surface area contributed by atoms with Crippen molar-refractivity contribution in [2.24, 2.45) is 4.99 Å². The molecule has 0 aliphatic carbocycles. The van der Waals surface area contributed by atoms with Crippen molar-refractivity contribution < 1.29 is 9.53 Å². The average molecular weight is 384 g/mol. The summed E-state index contributed by atoms with van der Waals surface area (Å²) >= 11 is 7.72. The summed E-state index contributed by atoms with van der Waals surface area (Å²) in [5, 5.41) is 0.738. The molecule has 0 saturated carbocycles. The van der Waals surface area contributed by atoms with E-state index in [-0.39, 0.29) is 6.09 Å². The van der Waals surface area contributed by atoms with Gasteiger partial charge in [0.25, 0.3) is 0 Å². The van der Waals surface area contributed by atoms with E-state index in [0.717, 1.165) is 39.4 Å². The topological polar surface area (TPSA) is 46.8 Å². The van der Waals surface area contributed by atoms with E-state index in [0.29, 0.717) is 6.54 Å². The van der Waals surface area contributed by atoms with Crippen LogP contribution in [0.2, 0.25) is 5.02 Å². The first-order chi connectivity index (χ1) is 11.7. The molecule has 2 aromatic rings. The Hall–Kier alpha value is -1.53. The maximum atomic E-state index is 12.0. The lowest BCUT2D eigenvalue weighted by Crippen LogP contribution is -2.34. The number of aryl methyl sites for hydroxylation is 1. The summed E-state index contributed by atoms with van der Waals surface area (Å²) in [5.41, 5.74) is 0.686. The molecule has 1 aromatic carbocycles. The van der Waals surface area contributed by atoms with Crippen molar-refractivity contribution in [2.75, 3.05) is 20.6 Å². The molecule has 0 fully saturated rings. The van der Waals surface area contributed by atoms with E-state index in [1.54, 1.807) is 30.3 Å². The second-order valence-corrected chi connectivity index (χ2v) is 8.43. The van der Waals surface area contributed by atoms with Gasteiger partial charge in [-0.15, -0.1) is 0 Å². The molecular weight excluding hydrogens is 358 g/mol. The number of carbonyl (C=O) groups is 1. The molecule has 25 heavy (non-hydrogen) atoms. The van der Waals surface area contributed by atoms with Crippen LogP contribution in [0.25, 0.3) is 10.2 Å². The molecule has 0 unspecified atom stereocenters. The fourth-order valence-electron chi connectivity index (χ4n) is 2.48. The van der Waals surface area contributed by atoms with Gasteiger partial charge in [-0.05, 0) is 51.8 Å². The third-order valence-corrected chi connectivity index (χ3v) is 5.03. The average Bonchev–Trinajstić information content (AvgIpc) is 2.86.